The maximum absolute atomic E-state index is 12.0. The van der Waals surface area contributed by atoms with Gasteiger partial charge in [-0.05, 0) is 42.0 Å². The van der Waals surface area contributed by atoms with E-state index in [1.807, 2.05) is 0 Å². The van der Waals surface area contributed by atoms with E-state index < -0.39 is 17.8 Å². The second-order valence-electron chi connectivity index (χ2n) is 5.04. The average Bonchev–Trinajstić information content (AvgIpc) is 2.64. The molecule has 0 saturated carbocycles. The molecule has 1 amide bonds. The highest BCUT2D eigenvalue weighted by molar-refractivity contribution is 5.90. The molecule has 0 heterocycles. The molecule has 0 aliphatic rings. The van der Waals surface area contributed by atoms with E-state index in [2.05, 4.69) is 4.74 Å². The number of hydrogen-bond acceptors (Lipinski definition) is 6. The number of carbonyl (C=O) groups is 3. The minimum absolute atomic E-state index is 0.0697. The number of amides is 1. The maximum Gasteiger partial charge on any atom is 0.338 e. The molecule has 25 heavy (non-hydrogen) atoms. The Balaban J connectivity index is 1.89. The van der Waals surface area contributed by atoms with Crippen molar-refractivity contribution in [2.45, 2.75) is 6.61 Å². The first-order valence-corrected chi connectivity index (χ1v) is 7.35. The Hall–Kier alpha value is -3.35. The van der Waals surface area contributed by atoms with Crippen LogP contribution in [0.15, 0.2) is 48.5 Å². The van der Waals surface area contributed by atoms with Crippen LogP contribution in [-0.4, -0.2) is 31.6 Å². The smallest absolute Gasteiger partial charge is 0.338 e. The molecule has 130 valence electrons. The summed E-state index contributed by atoms with van der Waals surface area (Å²) in [7, 11) is 1.31. The lowest BCUT2D eigenvalue weighted by molar-refractivity contribution is -0.119. The summed E-state index contributed by atoms with van der Waals surface area (Å²) in [5, 5.41) is 0. The Morgan fingerprint density at radius 1 is 0.880 bits per heavy atom. The van der Waals surface area contributed by atoms with Gasteiger partial charge in [-0.15, -0.1) is 0 Å². The van der Waals surface area contributed by atoms with E-state index in [0.717, 1.165) is 5.56 Å². The molecule has 0 fully saturated rings. The van der Waals surface area contributed by atoms with E-state index in [-0.39, 0.29) is 13.2 Å². The molecule has 0 aliphatic heterocycles. The summed E-state index contributed by atoms with van der Waals surface area (Å²) < 4.78 is 14.9. The van der Waals surface area contributed by atoms with Crippen LogP contribution in [0.3, 0.4) is 0 Å². The number of methoxy groups -OCH3 is 1. The number of nitrogens with two attached hydrogens (primary N) is 1. The van der Waals surface area contributed by atoms with Crippen molar-refractivity contribution in [2.75, 3.05) is 13.7 Å². The number of benzene rings is 2. The minimum atomic E-state index is -0.582. The summed E-state index contributed by atoms with van der Waals surface area (Å²) in [5.41, 5.74) is 6.49. The van der Waals surface area contributed by atoms with E-state index in [4.69, 9.17) is 15.2 Å². The fourth-order valence-electron chi connectivity index (χ4n) is 1.93. The van der Waals surface area contributed by atoms with E-state index >= 15 is 0 Å². The molecule has 2 aromatic carbocycles. The lowest BCUT2D eigenvalue weighted by atomic mass is 10.1. The van der Waals surface area contributed by atoms with E-state index in [1.54, 1.807) is 36.4 Å². The number of primary amides is 1. The molecule has 0 spiro atoms. The van der Waals surface area contributed by atoms with Crippen molar-refractivity contribution in [1.82, 2.24) is 0 Å². The van der Waals surface area contributed by atoms with Crippen LogP contribution in [0.5, 0.6) is 5.75 Å². The van der Waals surface area contributed by atoms with Crippen molar-refractivity contribution in [3.8, 4) is 5.75 Å². The van der Waals surface area contributed by atoms with Crippen molar-refractivity contribution in [1.29, 1.82) is 0 Å². The zero-order valence-corrected chi connectivity index (χ0v) is 13.6. The van der Waals surface area contributed by atoms with Gasteiger partial charge >= 0.3 is 11.9 Å². The van der Waals surface area contributed by atoms with Crippen LogP contribution < -0.4 is 10.5 Å². The first kappa shape index (κ1) is 18.0. The zero-order valence-electron chi connectivity index (χ0n) is 13.6. The van der Waals surface area contributed by atoms with Gasteiger partial charge in [-0.1, -0.05) is 12.1 Å². The van der Waals surface area contributed by atoms with Gasteiger partial charge in [0.15, 0.2) is 6.61 Å². The van der Waals surface area contributed by atoms with Crippen LogP contribution in [-0.2, 0) is 20.9 Å². The van der Waals surface area contributed by atoms with Gasteiger partial charge < -0.3 is 19.9 Å². The van der Waals surface area contributed by atoms with Gasteiger partial charge in [-0.2, -0.15) is 0 Å². The van der Waals surface area contributed by atoms with Crippen molar-refractivity contribution in [3.05, 3.63) is 65.2 Å². The molecular formula is C18H17NO6. The van der Waals surface area contributed by atoms with Gasteiger partial charge in [0.05, 0.1) is 18.2 Å². The van der Waals surface area contributed by atoms with Crippen LogP contribution in [0.2, 0.25) is 0 Å². The van der Waals surface area contributed by atoms with Crippen LogP contribution in [0.4, 0.5) is 0 Å². The summed E-state index contributed by atoms with van der Waals surface area (Å²) in [5.74, 6) is -1.09. The molecule has 0 radical (unpaired) electrons. The minimum Gasteiger partial charge on any atom is -0.484 e. The highest BCUT2D eigenvalue weighted by Crippen LogP contribution is 2.14. The third kappa shape index (κ3) is 5.35. The standard InChI is InChI=1S/C18H17NO6/c1-23-17(21)13-4-2-12(3-5-13)10-25-18(22)14-6-8-15(9-7-14)24-11-16(19)20/h2-9H,10-11H2,1H3,(H2,19,20). The van der Waals surface area contributed by atoms with Gasteiger partial charge in [0.1, 0.15) is 12.4 Å². The molecule has 0 aromatic heterocycles. The molecule has 7 heteroatoms. The van der Waals surface area contributed by atoms with Crippen LogP contribution in [0.1, 0.15) is 26.3 Å². The lowest BCUT2D eigenvalue weighted by Gasteiger charge is -2.07. The van der Waals surface area contributed by atoms with Gasteiger partial charge in [-0.3, -0.25) is 4.79 Å². The van der Waals surface area contributed by atoms with Crippen LogP contribution >= 0.6 is 0 Å². The third-order valence-corrected chi connectivity index (χ3v) is 3.22. The van der Waals surface area contributed by atoms with Crippen LogP contribution in [0.25, 0.3) is 0 Å². The van der Waals surface area contributed by atoms with Gasteiger partial charge in [0, 0.05) is 0 Å². The molecule has 0 unspecified atom stereocenters. The third-order valence-electron chi connectivity index (χ3n) is 3.22. The number of esters is 2. The SMILES string of the molecule is COC(=O)c1ccc(COC(=O)c2ccc(OCC(N)=O)cc2)cc1. The first-order chi connectivity index (χ1) is 12.0. The fraction of sp³-hybridized carbons (Fsp3) is 0.167. The summed E-state index contributed by atoms with van der Waals surface area (Å²) in [6.07, 6.45) is 0. The monoisotopic (exact) mass is 343 g/mol. The Morgan fingerprint density at radius 2 is 1.44 bits per heavy atom. The van der Waals surface area contributed by atoms with E-state index in [0.29, 0.717) is 16.9 Å². The Kier molecular flexibility index (Phi) is 6.11. The molecule has 0 saturated heterocycles. The highest BCUT2D eigenvalue weighted by Gasteiger charge is 2.09. The first-order valence-electron chi connectivity index (χ1n) is 7.35. The second-order valence-corrected chi connectivity index (χ2v) is 5.04. The molecule has 0 atom stereocenters. The molecular weight excluding hydrogens is 326 g/mol. The quantitative estimate of drug-likeness (QED) is 0.767. The van der Waals surface area contributed by atoms with Gasteiger partial charge in [-0.25, -0.2) is 9.59 Å². The van der Waals surface area contributed by atoms with Crippen molar-refractivity contribution in [2.24, 2.45) is 5.73 Å². The van der Waals surface area contributed by atoms with Gasteiger partial charge in [0.2, 0.25) is 0 Å². The second kappa shape index (κ2) is 8.49. The molecule has 2 aromatic rings. The fourth-order valence-corrected chi connectivity index (χ4v) is 1.93. The lowest BCUT2D eigenvalue weighted by Crippen LogP contribution is -2.20. The molecule has 2 N–H and O–H groups in total. The Morgan fingerprint density at radius 3 is 2.00 bits per heavy atom. The normalized spacial score (nSPS) is 9.96. The zero-order chi connectivity index (χ0) is 18.2. The van der Waals surface area contributed by atoms with Crippen molar-refractivity contribution >= 4 is 17.8 Å². The van der Waals surface area contributed by atoms with Crippen molar-refractivity contribution in [3.63, 3.8) is 0 Å². The van der Waals surface area contributed by atoms with Gasteiger partial charge in [0.25, 0.3) is 5.91 Å². The molecule has 0 aliphatic carbocycles. The van der Waals surface area contributed by atoms with Crippen molar-refractivity contribution < 1.29 is 28.6 Å². The van der Waals surface area contributed by atoms with Crippen LogP contribution in [0, 0.1) is 0 Å². The Labute approximate surface area is 144 Å². The number of carbonyl (C=O) groups excluding carboxylic acids is 3. The highest BCUT2D eigenvalue weighted by atomic mass is 16.5. The molecule has 0 bridgehead atoms. The summed E-state index contributed by atoms with van der Waals surface area (Å²) in [4.78, 5) is 34.0. The number of rotatable bonds is 7. The summed E-state index contributed by atoms with van der Waals surface area (Å²) >= 11 is 0. The summed E-state index contributed by atoms with van der Waals surface area (Å²) in [6, 6.07) is 12.7. The average molecular weight is 343 g/mol. The van der Waals surface area contributed by atoms with E-state index in [1.165, 1.54) is 19.2 Å². The number of ether oxygens (including phenoxy) is 3. The topological polar surface area (TPSA) is 105 Å². The predicted molar refractivity (Wildman–Crippen MR) is 88.0 cm³/mol. The predicted octanol–water partition coefficient (Wildman–Crippen LogP) is 1.69. The largest absolute Gasteiger partial charge is 0.484 e. The maximum atomic E-state index is 12.0. The van der Waals surface area contributed by atoms with E-state index in [9.17, 15) is 14.4 Å². The Bertz CT molecular complexity index is 752. The molecule has 7 nitrogen and oxygen atoms in total. The number of hydrogen-bond donors (Lipinski definition) is 1. The molecule has 2 rings (SSSR count). The summed E-state index contributed by atoms with van der Waals surface area (Å²) in [6.45, 7) is -0.161.